The number of para-hydroxylation sites is 2. The van der Waals surface area contributed by atoms with Crippen molar-refractivity contribution in [3.63, 3.8) is 0 Å². The maximum atomic E-state index is 4.92. The van der Waals surface area contributed by atoms with E-state index in [1.54, 1.807) is 0 Å². The van der Waals surface area contributed by atoms with Crippen LogP contribution in [-0.4, -0.2) is 9.55 Å². The Hall–Kier alpha value is -5.99. The van der Waals surface area contributed by atoms with Gasteiger partial charge in [-0.2, -0.15) is 0 Å². The number of imidazole rings is 1. The zero-order chi connectivity index (χ0) is 31.1. The van der Waals surface area contributed by atoms with E-state index in [1.165, 1.54) is 76.1 Å². The van der Waals surface area contributed by atoms with Gasteiger partial charge in [-0.1, -0.05) is 122 Å². The van der Waals surface area contributed by atoms with Gasteiger partial charge in [0.05, 0.1) is 11.0 Å². The summed E-state index contributed by atoms with van der Waals surface area (Å²) in [7, 11) is 0. The summed E-state index contributed by atoms with van der Waals surface area (Å²) in [4.78, 5) is 4.92. The lowest BCUT2D eigenvalue weighted by atomic mass is 9.84. The molecule has 47 heavy (non-hydrogen) atoms. The van der Waals surface area contributed by atoms with Gasteiger partial charge in [0.25, 0.3) is 0 Å². The normalized spacial score (nSPS) is 12.0. The maximum Gasteiger partial charge on any atom is 0.114 e. The first kappa shape index (κ1) is 26.2. The SMILES string of the molecule is CCc1nc2ccccc2n1-c1ccc(-c2c3ccccc3c(-c3cc4ccc5cccc6ccc(c3)c4c56)c3ccccc23)cc1. The van der Waals surface area contributed by atoms with E-state index in [0.717, 1.165) is 29.0 Å². The van der Waals surface area contributed by atoms with Crippen LogP contribution in [-0.2, 0) is 6.42 Å². The second-order valence-corrected chi connectivity index (χ2v) is 12.6. The summed E-state index contributed by atoms with van der Waals surface area (Å²) in [5.74, 6) is 1.08. The summed E-state index contributed by atoms with van der Waals surface area (Å²) >= 11 is 0. The zero-order valence-corrected chi connectivity index (χ0v) is 26.0. The van der Waals surface area contributed by atoms with E-state index in [4.69, 9.17) is 4.98 Å². The summed E-state index contributed by atoms with van der Waals surface area (Å²) in [5, 5.41) is 12.9. The van der Waals surface area contributed by atoms with Crippen molar-refractivity contribution in [2.45, 2.75) is 13.3 Å². The number of aryl methyl sites for hydroxylation is 1. The third-order valence-electron chi connectivity index (χ3n) is 10.0. The predicted octanol–water partition coefficient (Wildman–Crippen LogP) is 12.1. The van der Waals surface area contributed by atoms with Gasteiger partial charge in [0.2, 0.25) is 0 Å². The lowest BCUT2D eigenvalue weighted by molar-refractivity contribution is 0.908. The molecule has 0 N–H and O–H groups in total. The molecule has 0 unspecified atom stereocenters. The van der Waals surface area contributed by atoms with Gasteiger partial charge in [-0.05, 0) is 113 Å². The molecule has 0 aliphatic carbocycles. The quantitative estimate of drug-likeness (QED) is 0.146. The van der Waals surface area contributed by atoms with E-state index >= 15 is 0 Å². The van der Waals surface area contributed by atoms with Crippen molar-refractivity contribution in [3.05, 3.63) is 157 Å². The minimum atomic E-state index is 0.872. The number of hydrogen-bond donors (Lipinski definition) is 0. The van der Waals surface area contributed by atoms with Crippen molar-refractivity contribution in [1.82, 2.24) is 9.55 Å². The molecule has 0 spiro atoms. The van der Waals surface area contributed by atoms with Crippen molar-refractivity contribution < 1.29 is 0 Å². The van der Waals surface area contributed by atoms with E-state index in [0.29, 0.717) is 0 Å². The third kappa shape index (κ3) is 3.82. The van der Waals surface area contributed by atoms with Crippen molar-refractivity contribution in [1.29, 1.82) is 0 Å². The Balaban J connectivity index is 1.21. The summed E-state index contributed by atoms with van der Waals surface area (Å²) in [5.41, 5.74) is 8.35. The first-order chi connectivity index (χ1) is 23.3. The molecule has 2 nitrogen and oxygen atoms in total. The second kappa shape index (κ2) is 10.0. The Morgan fingerprint density at radius 2 is 0.979 bits per heavy atom. The molecule has 1 aromatic heterocycles. The summed E-state index contributed by atoms with van der Waals surface area (Å²) in [6.45, 7) is 2.17. The van der Waals surface area contributed by atoms with Crippen LogP contribution in [0, 0.1) is 0 Å². The van der Waals surface area contributed by atoms with Crippen LogP contribution >= 0.6 is 0 Å². The van der Waals surface area contributed by atoms with Crippen molar-refractivity contribution in [3.8, 4) is 27.9 Å². The number of benzene rings is 9. The van der Waals surface area contributed by atoms with Gasteiger partial charge in [0.15, 0.2) is 0 Å². The van der Waals surface area contributed by atoms with Gasteiger partial charge in [-0.25, -0.2) is 4.98 Å². The van der Waals surface area contributed by atoms with E-state index in [9.17, 15) is 0 Å². The monoisotopic (exact) mass is 598 g/mol. The first-order valence-corrected chi connectivity index (χ1v) is 16.5. The molecule has 9 aromatic carbocycles. The van der Waals surface area contributed by atoms with Crippen LogP contribution < -0.4 is 0 Å². The number of aromatic nitrogens is 2. The standard InChI is InChI=1S/C45H30N2/c1-2-41-46-39-16-7-8-17-40(39)47(41)34-24-22-30(23-25-34)44-35-12-3-5-14-37(35)45(38-15-6-4-13-36(38)44)33-26-31-20-18-28-10-9-11-29-19-21-32(27-33)43(31)42(28)29/h3-27H,2H2,1H3. The highest BCUT2D eigenvalue weighted by Gasteiger charge is 2.19. The van der Waals surface area contributed by atoms with Gasteiger partial charge in [-0.15, -0.1) is 0 Å². The lowest BCUT2D eigenvalue weighted by Gasteiger charge is -2.19. The van der Waals surface area contributed by atoms with Crippen LogP contribution in [0.4, 0.5) is 0 Å². The largest absolute Gasteiger partial charge is 0.296 e. The van der Waals surface area contributed by atoms with Gasteiger partial charge in [0, 0.05) is 12.1 Å². The number of nitrogens with zero attached hydrogens (tertiary/aromatic N) is 2. The molecule has 2 heteroatoms. The molecule has 0 aliphatic rings. The van der Waals surface area contributed by atoms with Gasteiger partial charge < -0.3 is 0 Å². The highest BCUT2D eigenvalue weighted by molar-refractivity contribution is 6.26. The average Bonchev–Trinajstić information content (AvgIpc) is 3.51. The van der Waals surface area contributed by atoms with Crippen molar-refractivity contribution >= 4 is 64.9 Å². The number of rotatable bonds is 4. The molecular formula is C45H30N2. The molecule has 220 valence electrons. The fraction of sp³-hybridized carbons (Fsp3) is 0.0444. The van der Waals surface area contributed by atoms with Crippen LogP contribution in [0.15, 0.2) is 152 Å². The molecule has 10 rings (SSSR count). The lowest BCUT2D eigenvalue weighted by Crippen LogP contribution is -2.00. The van der Waals surface area contributed by atoms with Crippen LogP contribution in [0.1, 0.15) is 12.7 Å². The Kier molecular flexibility index (Phi) is 5.59. The predicted molar refractivity (Wildman–Crippen MR) is 200 cm³/mol. The van der Waals surface area contributed by atoms with Crippen LogP contribution in [0.25, 0.3) is 92.8 Å². The topological polar surface area (TPSA) is 17.8 Å². The average molecular weight is 599 g/mol. The van der Waals surface area contributed by atoms with Crippen molar-refractivity contribution in [2.75, 3.05) is 0 Å². The van der Waals surface area contributed by atoms with Gasteiger partial charge in [0.1, 0.15) is 5.82 Å². The smallest absolute Gasteiger partial charge is 0.114 e. The molecule has 1 heterocycles. The minimum absolute atomic E-state index is 0.872. The molecule has 0 aliphatic heterocycles. The molecule has 0 amide bonds. The van der Waals surface area contributed by atoms with Gasteiger partial charge in [-0.3, -0.25) is 4.57 Å². The van der Waals surface area contributed by atoms with Crippen LogP contribution in [0.3, 0.4) is 0 Å². The van der Waals surface area contributed by atoms with Crippen molar-refractivity contribution in [2.24, 2.45) is 0 Å². The fourth-order valence-electron chi connectivity index (χ4n) is 8.03. The second-order valence-electron chi connectivity index (χ2n) is 12.6. The zero-order valence-electron chi connectivity index (χ0n) is 26.0. The summed E-state index contributed by atoms with van der Waals surface area (Å²) < 4.78 is 2.30. The minimum Gasteiger partial charge on any atom is -0.296 e. The molecule has 0 radical (unpaired) electrons. The summed E-state index contributed by atoms with van der Waals surface area (Å²) in [6.07, 6.45) is 0.872. The Labute approximate surface area is 272 Å². The molecule has 0 atom stereocenters. The number of fused-ring (bicyclic) bond motifs is 3. The molecule has 0 saturated carbocycles. The Morgan fingerprint density at radius 1 is 0.468 bits per heavy atom. The fourth-order valence-corrected chi connectivity index (χ4v) is 8.03. The van der Waals surface area contributed by atoms with E-state index in [-0.39, 0.29) is 0 Å². The van der Waals surface area contributed by atoms with E-state index < -0.39 is 0 Å². The highest BCUT2D eigenvalue weighted by Crippen LogP contribution is 2.45. The molecule has 0 saturated heterocycles. The molecule has 10 aromatic rings. The Morgan fingerprint density at radius 3 is 1.57 bits per heavy atom. The molecule has 0 fully saturated rings. The maximum absolute atomic E-state index is 4.92. The van der Waals surface area contributed by atoms with Crippen LogP contribution in [0.2, 0.25) is 0 Å². The molecular weight excluding hydrogens is 569 g/mol. The highest BCUT2D eigenvalue weighted by atomic mass is 15.1. The number of hydrogen-bond acceptors (Lipinski definition) is 1. The first-order valence-electron chi connectivity index (χ1n) is 16.5. The third-order valence-corrected chi connectivity index (χ3v) is 10.0. The van der Waals surface area contributed by atoms with Gasteiger partial charge >= 0.3 is 0 Å². The van der Waals surface area contributed by atoms with E-state index in [1.807, 2.05) is 0 Å². The van der Waals surface area contributed by atoms with Crippen LogP contribution in [0.5, 0.6) is 0 Å². The van der Waals surface area contributed by atoms with E-state index in [2.05, 4.69) is 163 Å². The summed E-state index contributed by atoms with van der Waals surface area (Å²) in [6, 6.07) is 55.9. The molecule has 0 bridgehead atoms. The Bertz CT molecular complexity index is 2700.